The molecular formula is C10H9BrO. The quantitative estimate of drug-likeness (QED) is 0.709. The maximum absolute atomic E-state index is 9.31. The van der Waals surface area contributed by atoms with Crippen LogP contribution < -0.4 is 10.4 Å². The Morgan fingerprint density at radius 2 is 1.92 bits per heavy atom. The fraction of sp³-hybridized carbons (Fsp3) is 0.200. The molecule has 1 aromatic rings. The summed E-state index contributed by atoms with van der Waals surface area (Å²) in [4.78, 5) is 0. The average molecular weight is 225 g/mol. The molecule has 1 aromatic carbocycles. The van der Waals surface area contributed by atoms with Crippen molar-refractivity contribution in [2.45, 2.75) is 12.8 Å². The lowest BCUT2D eigenvalue weighted by atomic mass is 10.1. The molecule has 62 valence electrons. The van der Waals surface area contributed by atoms with Crippen molar-refractivity contribution in [2.24, 2.45) is 0 Å². The molecule has 0 amide bonds. The molecule has 0 atom stereocenters. The summed E-state index contributed by atoms with van der Waals surface area (Å²) in [5, 5.41) is 11.6. The molecule has 2 rings (SSSR count). The monoisotopic (exact) mass is 224 g/mol. The number of benzene rings is 1. The van der Waals surface area contributed by atoms with Gasteiger partial charge in [0.1, 0.15) is 5.75 Å². The lowest BCUT2D eigenvalue weighted by Crippen LogP contribution is -2.27. The Labute approximate surface area is 79.2 Å². The van der Waals surface area contributed by atoms with E-state index in [1.165, 1.54) is 5.22 Å². The van der Waals surface area contributed by atoms with Crippen LogP contribution in [0.3, 0.4) is 0 Å². The van der Waals surface area contributed by atoms with Crippen molar-refractivity contribution in [2.75, 3.05) is 0 Å². The summed E-state index contributed by atoms with van der Waals surface area (Å²) >= 11 is 3.42. The van der Waals surface area contributed by atoms with E-state index >= 15 is 0 Å². The zero-order chi connectivity index (χ0) is 8.55. The van der Waals surface area contributed by atoms with Gasteiger partial charge in [-0.15, -0.1) is 0 Å². The summed E-state index contributed by atoms with van der Waals surface area (Å²) in [6, 6.07) is 3.53. The molecule has 0 radical (unpaired) electrons. The van der Waals surface area contributed by atoms with Crippen molar-refractivity contribution in [1.29, 1.82) is 0 Å². The lowest BCUT2D eigenvalue weighted by Gasteiger charge is -2.02. The van der Waals surface area contributed by atoms with Gasteiger partial charge in [-0.05, 0) is 35.4 Å². The molecular weight excluding hydrogens is 216 g/mol. The molecule has 1 aliphatic carbocycles. The van der Waals surface area contributed by atoms with Crippen LogP contribution in [0.5, 0.6) is 5.75 Å². The maximum atomic E-state index is 9.31. The van der Waals surface area contributed by atoms with Gasteiger partial charge in [0.25, 0.3) is 0 Å². The largest absolute Gasteiger partial charge is 0.508 e. The van der Waals surface area contributed by atoms with Crippen molar-refractivity contribution < 1.29 is 5.11 Å². The van der Waals surface area contributed by atoms with Gasteiger partial charge in [0.2, 0.25) is 0 Å². The van der Waals surface area contributed by atoms with Crippen molar-refractivity contribution in [3.63, 3.8) is 0 Å². The highest BCUT2D eigenvalue weighted by atomic mass is 79.9. The van der Waals surface area contributed by atoms with Crippen LogP contribution in [0.4, 0.5) is 0 Å². The minimum Gasteiger partial charge on any atom is -0.508 e. The first kappa shape index (κ1) is 7.87. The molecule has 0 aromatic heterocycles. The summed E-state index contributed by atoms with van der Waals surface area (Å²) in [6.07, 6.45) is 6.51. The predicted octanol–water partition coefficient (Wildman–Crippen LogP) is 1.51. The second-order valence-corrected chi connectivity index (χ2v) is 3.77. The molecule has 0 saturated carbocycles. The Hall–Kier alpha value is -0.760. The molecule has 1 nitrogen and oxygen atoms in total. The number of fused-ring (bicyclic) bond motifs is 1. The molecule has 0 fully saturated rings. The standard InChI is InChI=1S/C10H9BrO/c11-10-6-8(12)5-7-3-1-2-4-9(7)10/h3-6,12H,1-2H2. The lowest BCUT2D eigenvalue weighted by molar-refractivity contribution is 0.474. The second-order valence-electron chi connectivity index (χ2n) is 2.92. The highest BCUT2D eigenvalue weighted by molar-refractivity contribution is 9.10. The third-order valence-corrected chi connectivity index (χ3v) is 2.68. The van der Waals surface area contributed by atoms with Crippen LogP contribution in [-0.4, -0.2) is 5.11 Å². The van der Waals surface area contributed by atoms with E-state index in [1.807, 2.05) is 0 Å². The van der Waals surface area contributed by atoms with Crippen LogP contribution in [-0.2, 0) is 0 Å². The van der Waals surface area contributed by atoms with E-state index < -0.39 is 0 Å². The van der Waals surface area contributed by atoms with Crippen molar-refractivity contribution in [3.8, 4) is 5.75 Å². The first-order valence-corrected chi connectivity index (χ1v) is 4.75. The van der Waals surface area contributed by atoms with Crippen LogP contribution in [0.2, 0.25) is 0 Å². The van der Waals surface area contributed by atoms with Crippen LogP contribution in [0.1, 0.15) is 12.8 Å². The van der Waals surface area contributed by atoms with Gasteiger partial charge in [0.05, 0.1) is 0 Å². The van der Waals surface area contributed by atoms with Gasteiger partial charge in [0, 0.05) is 4.47 Å². The van der Waals surface area contributed by atoms with Gasteiger partial charge >= 0.3 is 0 Å². The number of hydrogen-bond acceptors (Lipinski definition) is 1. The smallest absolute Gasteiger partial charge is 0.117 e. The number of aromatic hydroxyl groups is 1. The van der Waals surface area contributed by atoms with Crippen molar-refractivity contribution in [3.05, 3.63) is 27.0 Å². The fourth-order valence-corrected chi connectivity index (χ4v) is 2.10. The fourth-order valence-electron chi connectivity index (χ4n) is 1.47. The van der Waals surface area contributed by atoms with E-state index in [-0.39, 0.29) is 0 Å². The molecule has 0 unspecified atom stereocenters. The zero-order valence-corrected chi connectivity index (χ0v) is 8.13. The predicted molar refractivity (Wildman–Crippen MR) is 53.2 cm³/mol. The normalized spacial score (nSPS) is 14.4. The van der Waals surface area contributed by atoms with E-state index in [0.29, 0.717) is 5.75 Å². The summed E-state index contributed by atoms with van der Waals surface area (Å²) in [7, 11) is 0. The Morgan fingerprint density at radius 1 is 1.17 bits per heavy atom. The molecule has 0 saturated heterocycles. The first-order chi connectivity index (χ1) is 5.77. The van der Waals surface area contributed by atoms with E-state index in [0.717, 1.165) is 22.5 Å². The minimum atomic E-state index is 0.326. The van der Waals surface area contributed by atoms with Crippen LogP contribution >= 0.6 is 15.9 Å². The van der Waals surface area contributed by atoms with Gasteiger partial charge in [-0.25, -0.2) is 0 Å². The second kappa shape index (κ2) is 2.94. The van der Waals surface area contributed by atoms with Crippen LogP contribution in [0, 0.1) is 0 Å². The van der Waals surface area contributed by atoms with Gasteiger partial charge in [0.15, 0.2) is 0 Å². The van der Waals surface area contributed by atoms with E-state index in [1.54, 1.807) is 12.1 Å². The van der Waals surface area contributed by atoms with Crippen molar-refractivity contribution >= 4 is 28.1 Å². The van der Waals surface area contributed by atoms with Gasteiger partial charge in [-0.2, -0.15) is 0 Å². The molecule has 0 heterocycles. The number of hydrogen-bond donors (Lipinski definition) is 1. The molecule has 1 aliphatic rings. The number of phenols is 1. The molecule has 0 bridgehead atoms. The first-order valence-electron chi connectivity index (χ1n) is 3.96. The molecule has 0 spiro atoms. The SMILES string of the molecule is Oc1cc(Br)c2c(c1)=CCCC=2. The highest BCUT2D eigenvalue weighted by Gasteiger charge is 1.99. The van der Waals surface area contributed by atoms with E-state index in [9.17, 15) is 5.11 Å². The number of rotatable bonds is 0. The molecule has 0 aliphatic heterocycles. The van der Waals surface area contributed by atoms with E-state index in [2.05, 4.69) is 28.1 Å². The number of phenolic OH excluding ortho intramolecular Hbond substituents is 1. The molecule has 1 N–H and O–H groups in total. The van der Waals surface area contributed by atoms with Gasteiger partial charge < -0.3 is 5.11 Å². The summed E-state index contributed by atoms with van der Waals surface area (Å²) < 4.78 is 0.980. The van der Waals surface area contributed by atoms with Crippen molar-refractivity contribution in [1.82, 2.24) is 0 Å². The summed E-state index contributed by atoms with van der Waals surface area (Å²) in [5.74, 6) is 0.326. The molecule has 2 heteroatoms. The Balaban J connectivity index is 2.87. The number of halogens is 1. The van der Waals surface area contributed by atoms with E-state index in [4.69, 9.17) is 0 Å². The third kappa shape index (κ3) is 1.27. The maximum Gasteiger partial charge on any atom is 0.117 e. The third-order valence-electron chi connectivity index (χ3n) is 2.03. The topological polar surface area (TPSA) is 20.2 Å². The van der Waals surface area contributed by atoms with Gasteiger partial charge in [-0.1, -0.05) is 28.1 Å². The summed E-state index contributed by atoms with van der Waals surface area (Å²) in [5.41, 5.74) is 0. The average Bonchev–Trinajstić information content (AvgIpc) is 2.04. The van der Waals surface area contributed by atoms with Crippen LogP contribution in [0.25, 0.3) is 12.2 Å². The Morgan fingerprint density at radius 3 is 2.75 bits per heavy atom. The minimum absolute atomic E-state index is 0.326. The summed E-state index contributed by atoms with van der Waals surface area (Å²) in [6.45, 7) is 0. The highest BCUT2D eigenvalue weighted by Crippen LogP contribution is 2.11. The Kier molecular flexibility index (Phi) is 1.93. The zero-order valence-electron chi connectivity index (χ0n) is 6.55. The Bertz CT molecular complexity index is 420. The van der Waals surface area contributed by atoms with Gasteiger partial charge in [-0.3, -0.25) is 0 Å². The van der Waals surface area contributed by atoms with Crippen LogP contribution in [0.15, 0.2) is 16.6 Å². The molecule has 12 heavy (non-hydrogen) atoms.